The molecule has 1 fully saturated rings. The Balaban J connectivity index is 2.17. The fourth-order valence-electron chi connectivity index (χ4n) is 2.82. The third kappa shape index (κ3) is 3.94. The molecule has 106 valence electrons. The van der Waals surface area contributed by atoms with Crippen molar-refractivity contribution in [2.75, 3.05) is 32.0 Å². The summed E-state index contributed by atoms with van der Waals surface area (Å²) in [6, 6.07) is 6.46. The highest BCUT2D eigenvalue weighted by Gasteiger charge is 2.30. The Morgan fingerprint density at radius 1 is 1.32 bits per heavy atom. The molecule has 1 atom stereocenters. The number of hydrogen-bond donors (Lipinski definition) is 2. The number of benzene rings is 1. The van der Waals surface area contributed by atoms with Gasteiger partial charge in [0.05, 0.1) is 5.54 Å². The summed E-state index contributed by atoms with van der Waals surface area (Å²) in [5, 5.41) is 3.70. The van der Waals surface area contributed by atoms with Gasteiger partial charge in [-0.25, -0.2) is 0 Å². The van der Waals surface area contributed by atoms with Gasteiger partial charge in [0, 0.05) is 23.2 Å². The monoisotopic (exact) mass is 325 g/mol. The molecular weight excluding hydrogens is 302 g/mol. The molecule has 1 aromatic rings. The molecule has 4 heteroatoms. The standard InChI is InChI=1S/C15H24BrN3/c1-12-8-13(16)10-14(9-12)18-15(11-17)4-3-6-19(2)7-5-15/h8-10,18H,3-7,11,17H2,1-2H3. The van der Waals surface area contributed by atoms with E-state index >= 15 is 0 Å². The summed E-state index contributed by atoms with van der Waals surface area (Å²) >= 11 is 3.56. The van der Waals surface area contributed by atoms with E-state index in [1.165, 1.54) is 24.2 Å². The van der Waals surface area contributed by atoms with E-state index in [9.17, 15) is 0 Å². The van der Waals surface area contributed by atoms with Gasteiger partial charge in [0.25, 0.3) is 0 Å². The lowest BCUT2D eigenvalue weighted by Gasteiger charge is -2.34. The van der Waals surface area contributed by atoms with E-state index in [2.05, 4.69) is 58.3 Å². The lowest BCUT2D eigenvalue weighted by atomic mass is 9.90. The van der Waals surface area contributed by atoms with Crippen LogP contribution in [0, 0.1) is 6.92 Å². The van der Waals surface area contributed by atoms with Crippen molar-refractivity contribution in [2.24, 2.45) is 5.73 Å². The van der Waals surface area contributed by atoms with Crippen molar-refractivity contribution in [1.82, 2.24) is 4.90 Å². The van der Waals surface area contributed by atoms with Crippen LogP contribution in [0.15, 0.2) is 22.7 Å². The van der Waals surface area contributed by atoms with E-state index in [0.717, 1.165) is 23.9 Å². The first-order chi connectivity index (χ1) is 9.03. The van der Waals surface area contributed by atoms with Crippen molar-refractivity contribution in [2.45, 2.75) is 31.7 Å². The number of rotatable bonds is 3. The highest BCUT2D eigenvalue weighted by atomic mass is 79.9. The fourth-order valence-corrected chi connectivity index (χ4v) is 3.43. The van der Waals surface area contributed by atoms with Crippen LogP contribution in [0.1, 0.15) is 24.8 Å². The molecule has 1 unspecified atom stereocenters. The van der Waals surface area contributed by atoms with Crippen LogP contribution >= 0.6 is 15.9 Å². The molecule has 0 aliphatic carbocycles. The van der Waals surface area contributed by atoms with Crippen molar-refractivity contribution >= 4 is 21.6 Å². The maximum atomic E-state index is 6.08. The van der Waals surface area contributed by atoms with Crippen LogP contribution < -0.4 is 11.1 Å². The summed E-state index contributed by atoms with van der Waals surface area (Å²) in [5.74, 6) is 0. The molecule has 2 rings (SSSR count). The van der Waals surface area contributed by atoms with Crippen molar-refractivity contribution in [3.63, 3.8) is 0 Å². The molecule has 3 N–H and O–H groups in total. The van der Waals surface area contributed by atoms with Gasteiger partial charge in [0.15, 0.2) is 0 Å². The summed E-state index contributed by atoms with van der Waals surface area (Å²) < 4.78 is 1.12. The molecule has 0 saturated carbocycles. The molecule has 1 heterocycles. The minimum Gasteiger partial charge on any atom is -0.378 e. The van der Waals surface area contributed by atoms with Gasteiger partial charge in [-0.3, -0.25) is 0 Å². The minimum atomic E-state index is 0.0397. The number of nitrogens with one attached hydrogen (secondary N) is 1. The summed E-state index contributed by atoms with van der Waals surface area (Å²) in [6.45, 7) is 5.08. The van der Waals surface area contributed by atoms with Gasteiger partial charge in [-0.2, -0.15) is 0 Å². The zero-order chi connectivity index (χ0) is 13.9. The van der Waals surface area contributed by atoms with E-state index in [-0.39, 0.29) is 5.54 Å². The first-order valence-corrected chi connectivity index (χ1v) is 7.76. The van der Waals surface area contributed by atoms with Crippen LogP contribution in [0.4, 0.5) is 5.69 Å². The van der Waals surface area contributed by atoms with E-state index < -0.39 is 0 Å². The maximum Gasteiger partial charge on any atom is 0.0508 e. The molecule has 0 spiro atoms. The van der Waals surface area contributed by atoms with Gasteiger partial charge in [-0.1, -0.05) is 15.9 Å². The van der Waals surface area contributed by atoms with E-state index in [1.807, 2.05) is 0 Å². The van der Waals surface area contributed by atoms with Crippen LogP contribution in [-0.2, 0) is 0 Å². The van der Waals surface area contributed by atoms with Gasteiger partial charge in [-0.15, -0.1) is 0 Å². The predicted octanol–water partition coefficient (Wildman–Crippen LogP) is 2.98. The van der Waals surface area contributed by atoms with Crippen LogP contribution in [0.2, 0.25) is 0 Å². The molecule has 0 aromatic heterocycles. The molecule has 3 nitrogen and oxygen atoms in total. The SMILES string of the molecule is Cc1cc(Br)cc(NC2(CN)CCCN(C)CC2)c1. The van der Waals surface area contributed by atoms with Crippen molar-refractivity contribution in [3.05, 3.63) is 28.2 Å². The second kappa shape index (κ2) is 6.25. The second-order valence-electron chi connectivity index (χ2n) is 5.78. The topological polar surface area (TPSA) is 41.3 Å². The summed E-state index contributed by atoms with van der Waals surface area (Å²) in [7, 11) is 2.19. The Morgan fingerprint density at radius 2 is 2.11 bits per heavy atom. The number of hydrogen-bond acceptors (Lipinski definition) is 3. The number of nitrogens with two attached hydrogens (primary N) is 1. The molecule has 1 saturated heterocycles. The van der Waals surface area contributed by atoms with Crippen LogP contribution in [0.5, 0.6) is 0 Å². The summed E-state index contributed by atoms with van der Waals surface area (Å²) in [6.07, 6.45) is 3.44. The quantitative estimate of drug-likeness (QED) is 0.897. The molecule has 0 amide bonds. The zero-order valence-corrected chi connectivity index (χ0v) is 13.5. The van der Waals surface area contributed by atoms with Crippen molar-refractivity contribution < 1.29 is 0 Å². The molecule has 1 aliphatic rings. The number of halogens is 1. The van der Waals surface area contributed by atoms with E-state index in [1.54, 1.807) is 0 Å². The fraction of sp³-hybridized carbons (Fsp3) is 0.600. The van der Waals surface area contributed by atoms with Crippen molar-refractivity contribution in [1.29, 1.82) is 0 Å². The lowest BCUT2D eigenvalue weighted by molar-refractivity contribution is 0.337. The normalized spacial score (nSPS) is 25.1. The van der Waals surface area contributed by atoms with Gasteiger partial charge < -0.3 is 16.0 Å². The number of aryl methyl sites for hydroxylation is 1. The lowest BCUT2D eigenvalue weighted by Crippen LogP contribution is -2.46. The summed E-state index contributed by atoms with van der Waals surface area (Å²) in [5.41, 5.74) is 8.55. The highest BCUT2D eigenvalue weighted by Crippen LogP contribution is 2.28. The van der Waals surface area contributed by atoms with Crippen LogP contribution in [0.25, 0.3) is 0 Å². The average Bonchev–Trinajstić information content (AvgIpc) is 2.51. The van der Waals surface area contributed by atoms with Gasteiger partial charge in [0.1, 0.15) is 0 Å². The first-order valence-electron chi connectivity index (χ1n) is 6.97. The van der Waals surface area contributed by atoms with E-state index in [0.29, 0.717) is 6.54 Å². The smallest absolute Gasteiger partial charge is 0.0508 e. The second-order valence-corrected chi connectivity index (χ2v) is 6.70. The Hall–Kier alpha value is -0.580. The Kier molecular flexibility index (Phi) is 4.87. The number of anilines is 1. The molecule has 1 aromatic carbocycles. The van der Waals surface area contributed by atoms with Gasteiger partial charge in [0.2, 0.25) is 0 Å². The van der Waals surface area contributed by atoms with E-state index in [4.69, 9.17) is 5.73 Å². The Morgan fingerprint density at radius 3 is 2.79 bits per heavy atom. The molecule has 0 radical (unpaired) electrons. The molecular formula is C15H24BrN3. The van der Waals surface area contributed by atoms with Crippen molar-refractivity contribution in [3.8, 4) is 0 Å². The van der Waals surface area contributed by atoms with Gasteiger partial charge in [-0.05, 0) is 63.5 Å². The maximum absolute atomic E-state index is 6.08. The summed E-state index contributed by atoms with van der Waals surface area (Å²) in [4.78, 5) is 2.39. The largest absolute Gasteiger partial charge is 0.378 e. The Bertz CT molecular complexity index is 415. The number of likely N-dealkylation sites (tertiary alicyclic amines) is 1. The minimum absolute atomic E-state index is 0.0397. The molecule has 0 bridgehead atoms. The predicted molar refractivity (Wildman–Crippen MR) is 85.6 cm³/mol. The molecule has 1 aliphatic heterocycles. The highest BCUT2D eigenvalue weighted by molar-refractivity contribution is 9.10. The Labute approximate surface area is 124 Å². The third-order valence-electron chi connectivity index (χ3n) is 4.01. The molecule has 19 heavy (non-hydrogen) atoms. The number of nitrogens with zero attached hydrogens (tertiary/aromatic N) is 1. The average molecular weight is 326 g/mol. The van der Waals surface area contributed by atoms with Crippen LogP contribution in [-0.4, -0.2) is 37.1 Å². The zero-order valence-electron chi connectivity index (χ0n) is 11.9. The van der Waals surface area contributed by atoms with Gasteiger partial charge >= 0.3 is 0 Å². The van der Waals surface area contributed by atoms with Crippen LogP contribution in [0.3, 0.4) is 0 Å². The third-order valence-corrected chi connectivity index (χ3v) is 4.47. The first kappa shape index (κ1) is 14.8.